The summed E-state index contributed by atoms with van der Waals surface area (Å²) in [7, 11) is 0. The summed E-state index contributed by atoms with van der Waals surface area (Å²) in [6, 6.07) is 124. The molecule has 0 saturated carbocycles. The van der Waals surface area contributed by atoms with Crippen LogP contribution in [-0.2, 0) is 21.7 Å². The average molecular weight is 1210 g/mol. The van der Waals surface area contributed by atoms with Crippen LogP contribution in [0.15, 0.2) is 334 Å². The normalized spacial score (nSPS) is 15.2. The molecule has 4 spiro atoms. The SMILES string of the molecule is c1ccc2c(c1)-c1cc(-c3ncc4ccccc4n3)ccc1C21c2ccccc2C2(c3ccccc3-c3c(-c4ccc5nc(-c6cccc7c6-c6ccccc6C76c7ccccc7C7(c8ccccc8-c8ccccc87)c7ccccc76)ccc5c4)cccc32)c2ccccc21. The first kappa shape index (κ1) is 52.3. The van der Waals surface area contributed by atoms with Gasteiger partial charge in [-0.25, -0.2) is 15.0 Å². The second-order valence-corrected chi connectivity index (χ2v) is 27.0. The van der Waals surface area contributed by atoms with Crippen LogP contribution >= 0.6 is 0 Å². The number of hydrogen-bond donors (Lipinski definition) is 0. The molecule has 22 rings (SSSR count). The molecule has 0 amide bonds. The Hall–Kier alpha value is -12.2. The van der Waals surface area contributed by atoms with Crippen LogP contribution in [0.25, 0.3) is 100 Å². The van der Waals surface area contributed by atoms with Crippen molar-refractivity contribution in [3.05, 3.63) is 423 Å². The first-order valence-electron chi connectivity index (χ1n) is 33.6. The van der Waals surface area contributed by atoms with Crippen LogP contribution in [0.5, 0.6) is 0 Å². The third kappa shape index (κ3) is 6.19. The number of nitrogens with zero attached hydrogens (tertiary/aromatic N) is 3. The summed E-state index contributed by atoms with van der Waals surface area (Å²) in [4.78, 5) is 15.7. The largest absolute Gasteiger partial charge is 0.248 e. The molecule has 0 N–H and O–H groups in total. The lowest BCUT2D eigenvalue weighted by molar-refractivity contribution is 0.633. The zero-order valence-electron chi connectivity index (χ0n) is 52.1. The summed E-state index contributed by atoms with van der Waals surface area (Å²) in [5, 5.41) is 2.13. The van der Waals surface area contributed by atoms with Gasteiger partial charge in [-0.3, -0.25) is 0 Å². The van der Waals surface area contributed by atoms with Crippen molar-refractivity contribution in [2.24, 2.45) is 0 Å². The quantitative estimate of drug-likeness (QED) is 0.177. The van der Waals surface area contributed by atoms with Crippen molar-refractivity contribution in [1.29, 1.82) is 0 Å². The van der Waals surface area contributed by atoms with Gasteiger partial charge in [0.25, 0.3) is 0 Å². The molecule has 96 heavy (non-hydrogen) atoms. The predicted octanol–water partition coefficient (Wildman–Crippen LogP) is 21.3. The van der Waals surface area contributed by atoms with Gasteiger partial charge in [0.2, 0.25) is 0 Å². The molecule has 14 aromatic carbocycles. The molecule has 3 nitrogen and oxygen atoms in total. The van der Waals surface area contributed by atoms with E-state index in [-0.39, 0.29) is 0 Å². The number of aromatic nitrogens is 3. The summed E-state index contributed by atoms with van der Waals surface area (Å²) < 4.78 is 0. The standard InChI is InChI=1S/C93H55N3/c1-20-46-84-59(23-1)55-94-89(96-84)58-47-50-73-67(54-58)63-26-4-9-33-70(63)91(73)76-38-14-18-42-80(76)92(81-43-19-15-39-77(81)91)71-34-10-5-27-64(71)87-60(29-21-44-82(87)92)56-48-51-85-57(53-56)49-52-86(95-85)66-30-22-45-83-88(66)65-28-6-11-35-72(65)93(83)78-40-16-12-36-74(78)90(75-37-13-17-41-79(75)93)68-31-7-2-24-61(68)62-25-3-8-32-69(62)90/h1-55H. The highest BCUT2D eigenvalue weighted by Crippen LogP contribution is 2.71. The summed E-state index contributed by atoms with van der Waals surface area (Å²) in [5.41, 5.74) is 36.1. The molecular formula is C93H55N3. The van der Waals surface area contributed by atoms with E-state index in [4.69, 9.17) is 15.0 Å². The molecule has 2 aromatic heterocycles. The molecule has 6 aliphatic carbocycles. The predicted molar refractivity (Wildman–Crippen MR) is 387 cm³/mol. The summed E-state index contributed by atoms with van der Waals surface area (Å²) in [6.07, 6.45) is 1.95. The van der Waals surface area contributed by atoms with E-state index < -0.39 is 21.7 Å². The minimum absolute atomic E-state index is 0.500. The lowest BCUT2D eigenvalue weighted by Gasteiger charge is -2.48. The fraction of sp³-hybridized carbons (Fsp3) is 0.0430. The highest BCUT2D eigenvalue weighted by atomic mass is 14.9. The van der Waals surface area contributed by atoms with E-state index in [2.05, 4.69) is 315 Å². The van der Waals surface area contributed by atoms with Crippen molar-refractivity contribution in [2.45, 2.75) is 21.7 Å². The molecule has 0 bridgehead atoms. The summed E-state index contributed by atoms with van der Waals surface area (Å²) >= 11 is 0. The van der Waals surface area contributed by atoms with Gasteiger partial charge in [-0.15, -0.1) is 0 Å². The number of pyridine rings is 1. The Labute approximate surface area is 556 Å². The lowest BCUT2D eigenvalue weighted by Crippen LogP contribution is -2.43. The van der Waals surface area contributed by atoms with Gasteiger partial charge in [0, 0.05) is 28.1 Å². The molecular weight excluding hydrogens is 1160 g/mol. The minimum atomic E-state index is -0.631. The van der Waals surface area contributed by atoms with E-state index >= 15 is 0 Å². The van der Waals surface area contributed by atoms with Crippen molar-refractivity contribution >= 4 is 21.8 Å². The first-order valence-corrected chi connectivity index (χ1v) is 33.6. The van der Waals surface area contributed by atoms with Gasteiger partial charge >= 0.3 is 0 Å². The van der Waals surface area contributed by atoms with E-state index in [1.54, 1.807) is 0 Å². The van der Waals surface area contributed by atoms with Crippen LogP contribution in [0.4, 0.5) is 0 Å². The third-order valence-electron chi connectivity index (χ3n) is 23.1. The number of benzene rings is 14. The Kier molecular flexibility index (Phi) is 10.2. The number of fused-ring (bicyclic) bond motifs is 34. The van der Waals surface area contributed by atoms with Crippen molar-refractivity contribution in [1.82, 2.24) is 15.0 Å². The van der Waals surface area contributed by atoms with Gasteiger partial charge < -0.3 is 0 Å². The van der Waals surface area contributed by atoms with Crippen LogP contribution in [0.2, 0.25) is 0 Å². The lowest BCUT2D eigenvalue weighted by atomic mass is 9.52. The number of hydrogen-bond acceptors (Lipinski definition) is 3. The summed E-state index contributed by atoms with van der Waals surface area (Å²) in [5.74, 6) is 0.727. The fourth-order valence-corrected chi connectivity index (χ4v) is 19.8. The van der Waals surface area contributed by atoms with Gasteiger partial charge in [0.15, 0.2) is 5.82 Å². The second kappa shape index (κ2) is 18.8. The number of para-hydroxylation sites is 1. The topological polar surface area (TPSA) is 38.7 Å². The molecule has 0 saturated heterocycles. The maximum atomic E-state index is 5.68. The van der Waals surface area contributed by atoms with E-state index in [1.807, 2.05) is 18.3 Å². The van der Waals surface area contributed by atoms with E-state index in [1.165, 1.54) is 139 Å². The zero-order valence-corrected chi connectivity index (χ0v) is 52.1. The highest BCUT2D eigenvalue weighted by molar-refractivity contribution is 6.03. The average Bonchev–Trinajstić information content (AvgIpc) is 1.43. The molecule has 0 aliphatic heterocycles. The molecule has 0 atom stereocenters. The Morgan fingerprint density at radius 3 is 1.06 bits per heavy atom. The smallest absolute Gasteiger partial charge is 0.159 e. The highest BCUT2D eigenvalue weighted by Gasteiger charge is 2.61. The van der Waals surface area contributed by atoms with Crippen LogP contribution in [-0.4, -0.2) is 15.0 Å². The fourth-order valence-electron chi connectivity index (χ4n) is 19.8. The van der Waals surface area contributed by atoms with Crippen LogP contribution < -0.4 is 0 Å². The zero-order chi connectivity index (χ0) is 62.6. The Balaban J connectivity index is 0.692. The van der Waals surface area contributed by atoms with Gasteiger partial charge in [-0.05, 0) is 175 Å². The van der Waals surface area contributed by atoms with Gasteiger partial charge in [-0.2, -0.15) is 0 Å². The Morgan fingerprint density at radius 1 is 0.198 bits per heavy atom. The molecule has 2 heterocycles. The van der Waals surface area contributed by atoms with Crippen LogP contribution in [0.1, 0.15) is 89.0 Å². The third-order valence-corrected chi connectivity index (χ3v) is 23.1. The monoisotopic (exact) mass is 1210 g/mol. The minimum Gasteiger partial charge on any atom is -0.248 e. The van der Waals surface area contributed by atoms with Crippen molar-refractivity contribution < 1.29 is 0 Å². The second-order valence-electron chi connectivity index (χ2n) is 27.0. The first-order chi connectivity index (χ1) is 47.6. The van der Waals surface area contributed by atoms with E-state index in [0.29, 0.717) is 0 Å². The Morgan fingerprint density at radius 2 is 0.552 bits per heavy atom. The number of rotatable bonds is 3. The van der Waals surface area contributed by atoms with Gasteiger partial charge in [0.1, 0.15) is 0 Å². The Bertz CT molecular complexity index is 6000. The summed E-state index contributed by atoms with van der Waals surface area (Å²) in [6.45, 7) is 0. The molecule has 0 unspecified atom stereocenters. The molecule has 6 aliphatic rings. The van der Waals surface area contributed by atoms with Crippen LogP contribution in [0.3, 0.4) is 0 Å². The molecule has 16 aromatic rings. The van der Waals surface area contributed by atoms with Crippen molar-refractivity contribution in [3.63, 3.8) is 0 Å². The maximum Gasteiger partial charge on any atom is 0.159 e. The van der Waals surface area contributed by atoms with Crippen molar-refractivity contribution in [2.75, 3.05) is 0 Å². The van der Waals surface area contributed by atoms with Gasteiger partial charge in [-0.1, -0.05) is 297 Å². The van der Waals surface area contributed by atoms with Crippen molar-refractivity contribution in [3.8, 4) is 78.3 Å². The molecule has 442 valence electrons. The van der Waals surface area contributed by atoms with E-state index in [0.717, 1.165) is 50.0 Å². The molecule has 0 fully saturated rings. The maximum absolute atomic E-state index is 5.68. The molecule has 0 radical (unpaired) electrons. The van der Waals surface area contributed by atoms with Gasteiger partial charge in [0.05, 0.1) is 38.4 Å². The van der Waals surface area contributed by atoms with Crippen LogP contribution in [0, 0.1) is 0 Å². The molecule has 3 heteroatoms. The van der Waals surface area contributed by atoms with E-state index in [9.17, 15) is 0 Å².